The van der Waals surface area contributed by atoms with Crippen molar-refractivity contribution in [2.45, 2.75) is 45.4 Å². The standard InChI is InChI=1S/C25H28FN7O4/c1-5-33-17-13-20(36-18(9-11-27)14-6-7-15(26)19(12-14)35-4)29-16(8-10-25(2,3)34)21(17)30-24(33)22-23(28)32-37-31-22/h6-7,12-13,18,34H,5,9,11,27H2,1-4H3,(H2,28,32). The molecule has 0 bridgehead atoms. The van der Waals surface area contributed by atoms with Gasteiger partial charge in [-0.3, -0.25) is 0 Å². The van der Waals surface area contributed by atoms with Crippen molar-refractivity contribution in [2.24, 2.45) is 5.73 Å². The average molecular weight is 510 g/mol. The van der Waals surface area contributed by atoms with E-state index in [9.17, 15) is 9.50 Å². The van der Waals surface area contributed by atoms with Crippen LogP contribution in [-0.2, 0) is 6.54 Å². The lowest BCUT2D eigenvalue weighted by Crippen LogP contribution is -2.15. The third kappa shape index (κ3) is 5.47. The fourth-order valence-electron chi connectivity index (χ4n) is 3.78. The molecule has 4 rings (SSSR count). The number of imidazole rings is 1. The number of hydrogen-bond donors (Lipinski definition) is 3. The Morgan fingerprint density at radius 3 is 2.65 bits per heavy atom. The van der Waals surface area contributed by atoms with Gasteiger partial charge in [-0.1, -0.05) is 12.0 Å². The molecule has 0 fully saturated rings. The van der Waals surface area contributed by atoms with E-state index in [1.165, 1.54) is 13.2 Å². The first kappa shape index (κ1) is 25.9. The van der Waals surface area contributed by atoms with Crippen LogP contribution in [0.5, 0.6) is 11.6 Å². The highest BCUT2D eigenvalue weighted by Gasteiger charge is 2.23. The first-order valence-corrected chi connectivity index (χ1v) is 11.6. The molecule has 3 heterocycles. The first-order valence-electron chi connectivity index (χ1n) is 11.6. The minimum atomic E-state index is -1.27. The van der Waals surface area contributed by atoms with Gasteiger partial charge >= 0.3 is 0 Å². The van der Waals surface area contributed by atoms with Crippen LogP contribution >= 0.6 is 0 Å². The fourth-order valence-corrected chi connectivity index (χ4v) is 3.78. The van der Waals surface area contributed by atoms with Crippen molar-refractivity contribution < 1.29 is 23.6 Å². The molecule has 0 aliphatic heterocycles. The molecule has 1 atom stereocenters. The van der Waals surface area contributed by atoms with E-state index in [1.54, 1.807) is 32.0 Å². The molecule has 194 valence electrons. The van der Waals surface area contributed by atoms with Crippen molar-refractivity contribution in [3.63, 3.8) is 0 Å². The summed E-state index contributed by atoms with van der Waals surface area (Å²) in [6.45, 7) is 5.87. The molecule has 1 aromatic carbocycles. The van der Waals surface area contributed by atoms with Gasteiger partial charge in [-0.25, -0.2) is 19.0 Å². The Bertz CT molecular complexity index is 1480. The number of pyridine rings is 1. The molecule has 0 radical (unpaired) electrons. The van der Waals surface area contributed by atoms with Gasteiger partial charge in [0.2, 0.25) is 5.88 Å². The van der Waals surface area contributed by atoms with E-state index in [1.807, 2.05) is 11.5 Å². The molecule has 11 nitrogen and oxygen atoms in total. The lowest BCUT2D eigenvalue weighted by atomic mass is 10.1. The number of halogens is 1. The van der Waals surface area contributed by atoms with Gasteiger partial charge < -0.3 is 30.6 Å². The second kappa shape index (κ2) is 10.4. The zero-order valence-electron chi connectivity index (χ0n) is 20.9. The highest BCUT2D eigenvalue weighted by Crippen LogP contribution is 2.33. The summed E-state index contributed by atoms with van der Waals surface area (Å²) in [6, 6.07) is 6.21. The summed E-state index contributed by atoms with van der Waals surface area (Å²) in [7, 11) is 1.39. The van der Waals surface area contributed by atoms with Crippen molar-refractivity contribution in [3.05, 3.63) is 41.3 Å². The maximum atomic E-state index is 14.0. The third-order valence-electron chi connectivity index (χ3n) is 5.48. The fraction of sp³-hybridized carbons (Fsp3) is 0.360. The Labute approximate surface area is 212 Å². The number of aromatic nitrogens is 5. The number of anilines is 1. The van der Waals surface area contributed by atoms with Crippen LogP contribution in [0, 0.1) is 17.7 Å². The lowest BCUT2D eigenvalue weighted by Gasteiger charge is -2.19. The zero-order chi connectivity index (χ0) is 26.7. The van der Waals surface area contributed by atoms with E-state index < -0.39 is 17.5 Å². The molecule has 0 spiro atoms. The number of nitrogens with zero attached hydrogens (tertiary/aromatic N) is 5. The van der Waals surface area contributed by atoms with Crippen LogP contribution in [0.25, 0.3) is 22.6 Å². The van der Waals surface area contributed by atoms with Crippen LogP contribution in [0.2, 0.25) is 0 Å². The Kier molecular flexibility index (Phi) is 7.28. The number of methoxy groups -OCH3 is 1. The third-order valence-corrected chi connectivity index (χ3v) is 5.48. The molecule has 0 aliphatic carbocycles. The summed E-state index contributed by atoms with van der Waals surface area (Å²) in [5, 5.41) is 17.7. The predicted molar refractivity (Wildman–Crippen MR) is 134 cm³/mol. The molecule has 12 heteroatoms. The number of aryl methyl sites for hydroxylation is 1. The number of aliphatic hydroxyl groups is 1. The second-order valence-electron chi connectivity index (χ2n) is 8.74. The molecule has 0 saturated carbocycles. The number of nitrogens with two attached hydrogens (primary N) is 2. The summed E-state index contributed by atoms with van der Waals surface area (Å²) in [5.74, 6) is 6.04. The topological polar surface area (TPSA) is 160 Å². The van der Waals surface area contributed by atoms with E-state index in [2.05, 4.69) is 32.1 Å². The van der Waals surface area contributed by atoms with Gasteiger partial charge in [-0.05, 0) is 61.2 Å². The van der Waals surface area contributed by atoms with Gasteiger partial charge in [0.05, 0.1) is 12.6 Å². The van der Waals surface area contributed by atoms with E-state index in [0.717, 1.165) is 0 Å². The summed E-state index contributed by atoms with van der Waals surface area (Å²) in [5.41, 5.74) is 12.8. The molecule has 0 amide bonds. The number of benzene rings is 1. The molecular formula is C25H28FN7O4. The monoisotopic (exact) mass is 509 g/mol. The summed E-state index contributed by atoms with van der Waals surface area (Å²) in [6.07, 6.45) is -0.120. The van der Waals surface area contributed by atoms with Crippen molar-refractivity contribution >= 4 is 16.9 Å². The van der Waals surface area contributed by atoms with Crippen LogP contribution in [-0.4, -0.2) is 49.2 Å². The molecule has 0 aliphatic rings. The Hall–Kier alpha value is -4.21. The lowest BCUT2D eigenvalue weighted by molar-refractivity contribution is 0.143. The highest BCUT2D eigenvalue weighted by molar-refractivity contribution is 5.86. The van der Waals surface area contributed by atoms with Crippen molar-refractivity contribution in [3.8, 4) is 35.0 Å². The van der Waals surface area contributed by atoms with E-state index in [4.69, 9.17) is 25.6 Å². The van der Waals surface area contributed by atoms with Gasteiger partial charge in [0, 0.05) is 19.0 Å². The smallest absolute Gasteiger partial charge is 0.217 e. The minimum Gasteiger partial charge on any atom is -0.494 e. The maximum absolute atomic E-state index is 14.0. The molecule has 3 aromatic heterocycles. The summed E-state index contributed by atoms with van der Waals surface area (Å²) >= 11 is 0. The number of ether oxygens (including phenoxy) is 2. The maximum Gasteiger partial charge on any atom is 0.217 e. The van der Waals surface area contributed by atoms with E-state index in [-0.39, 0.29) is 28.8 Å². The number of fused-ring (bicyclic) bond motifs is 1. The molecule has 37 heavy (non-hydrogen) atoms. The van der Waals surface area contributed by atoms with Crippen LogP contribution in [0.4, 0.5) is 10.2 Å². The molecule has 4 aromatic rings. The molecular weight excluding hydrogens is 481 g/mol. The van der Waals surface area contributed by atoms with Gasteiger partial charge in [-0.2, -0.15) is 0 Å². The van der Waals surface area contributed by atoms with Gasteiger partial charge in [0.15, 0.2) is 28.9 Å². The SMILES string of the molecule is CCn1c(-c2nonc2N)nc2c(C#CC(C)(C)O)nc(OC(CCN)c3ccc(F)c(OC)c3)cc21. The molecule has 5 N–H and O–H groups in total. The number of hydrogen-bond acceptors (Lipinski definition) is 10. The first-order chi connectivity index (χ1) is 17.6. The van der Waals surface area contributed by atoms with Gasteiger partial charge in [0.1, 0.15) is 22.9 Å². The van der Waals surface area contributed by atoms with Crippen LogP contribution < -0.4 is 20.9 Å². The van der Waals surface area contributed by atoms with Crippen LogP contribution in [0.15, 0.2) is 28.9 Å². The van der Waals surface area contributed by atoms with Gasteiger partial charge in [0.25, 0.3) is 0 Å². The number of nitrogen functional groups attached to an aromatic ring is 1. The highest BCUT2D eigenvalue weighted by atomic mass is 19.1. The van der Waals surface area contributed by atoms with E-state index in [0.29, 0.717) is 41.9 Å². The van der Waals surface area contributed by atoms with Gasteiger partial charge in [-0.15, -0.1) is 0 Å². The largest absolute Gasteiger partial charge is 0.494 e. The normalized spacial score (nSPS) is 12.3. The summed E-state index contributed by atoms with van der Waals surface area (Å²) < 4.78 is 32.0. The van der Waals surface area contributed by atoms with Crippen molar-refractivity contribution in [1.82, 2.24) is 24.8 Å². The summed E-state index contributed by atoms with van der Waals surface area (Å²) in [4.78, 5) is 9.26. The Morgan fingerprint density at radius 2 is 2.03 bits per heavy atom. The minimum absolute atomic E-state index is 0.0897. The molecule has 0 saturated heterocycles. The number of rotatable bonds is 8. The molecule has 1 unspecified atom stereocenters. The zero-order valence-corrected chi connectivity index (χ0v) is 20.9. The second-order valence-corrected chi connectivity index (χ2v) is 8.74. The average Bonchev–Trinajstić information content (AvgIpc) is 3.44. The van der Waals surface area contributed by atoms with Crippen LogP contribution in [0.1, 0.15) is 44.6 Å². The predicted octanol–water partition coefficient (Wildman–Crippen LogP) is 2.82. The Morgan fingerprint density at radius 1 is 1.24 bits per heavy atom. The van der Waals surface area contributed by atoms with Crippen molar-refractivity contribution in [1.29, 1.82) is 0 Å². The van der Waals surface area contributed by atoms with Crippen LogP contribution in [0.3, 0.4) is 0 Å². The van der Waals surface area contributed by atoms with Crippen molar-refractivity contribution in [2.75, 3.05) is 19.4 Å². The van der Waals surface area contributed by atoms with E-state index >= 15 is 0 Å². The quantitative estimate of drug-likeness (QED) is 0.301. The Balaban J connectivity index is 1.88.